The van der Waals surface area contributed by atoms with Crippen LogP contribution in [0, 0.1) is 0 Å². The van der Waals surface area contributed by atoms with Crippen LogP contribution in [0.3, 0.4) is 0 Å². The first kappa shape index (κ1) is 7.82. The molecular formula is C5H11F2N. The molecule has 0 saturated heterocycles. The summed E-state index contributed by atoms with van der Waals surface area (Å²) in [7, 11) is 0. The van der Waals surface area contributed by atoms with Gasteiger partial charge in [-0.25, -0.2) is 8.78 Å². The maximum Gasteiger partial charge on any atom is 0.250 e. The predicted molar refractivity (Wildman–Crippen MR) is 29.1 cm³/mol. The number of hydrogen-bond acceptors (Lipinski definition) is 1. The largest absolute Gasteiger partial charge is 0.309 e. The molecule has 0 atom stereocenters. The van der Waals surface area contributed by atoms with Crippen molar-refractivity contribution in [2.24, 2.45) is 0 Å². The molecule has 3 heteroatoms. The van der Waals surface area contributed by atoms with E-state index in [2.05, 4.69) is 5.32 Å². The Morgan fingerprint density at radius 1 is 1.38 bits per heavy atom. The van der Waals surface area contributed by atoms with Gasteiger partial charge in [0.25, 0.3) is 6.43 Å². The second-order valence-corrected chi connectivity index (χ2v) is 1.95. The zero-order chi connectivity index (χ0) is 6.57. The average Bonchev–Trinajstić information content (AvgIpc) is 1.61. The topological polar surface area (TPSA) is 12.0 Å². The van der Waals surface area contributed by atoms with Crippen molar-refractivity contribution in [3.63, 3.8) is 0 Å². The fraction of sp³-hybridized carbons (Fsp3) is 1.00. The van der Waals surface area contributed by atoms with Gasteiger partial charge in [-0.15, -0.1) is 0 Å². The van der Waals surface area contributed by atoms with Crippen LogP contribution in [0.25, 0.3) is 0 Å². The zero-order valence-corrected chi connectivity index (χ0v) is 5.12. The van der Waals surface area contributed by atoms with Gasteiger partial charge in [0, 0.05) is 6.04 Å². The lowest BCUT2D eigenvalue weighted by molar-refractivity contribution is 0.143. The van der Waals surface area contributed by atoms with Gasteiger partial charge in [0.2, 0.25) is 0 Å². The zero-order valence-electron chi connectivity index (χ0n) is 5.12. The smallest absolute Gasteiger partial charge is 0.250 e. The molecule has 0 amide bonds. The minimum atomic E-state index is -2.22. The van der Waals surface area contributed by atoms with E-state index in [9.17, 15) is 8.78 Å². The van der Waals surface area contributed by atoms with Crippen LogP contribution in [0.5, 0.6) is 0 Å². The Kier molecular flexibility index (Phi) is 3.69. The van der Waals surface area contributed by atoms with Gasteiger partial charge >= 0.3 is 0 Å². The normalized spacial score (nSPS) is 11.2. The van der Waals surface area contributed by atoms with Gasteiger partial charge < -0.3 is 5.32 Å². The van der Waals surface area contributed by atoms with Crippen LogP contribution in [0.2, 0.25) is 0 Å². The van der Waals surface area contributed by atoms with Crippen molar-refractivity contribution >= 4 is 0 Å². The van der Waals surface area contributed by atoms with Gasteiger partial charge in [-0.3, -0.25) is 0 Å². The van der Waals surface area contributed by atoms with E-state index in [1.165, 1.54) is 0 Å². The van der Waals surface area contributed by atoms with E-state index in [4.69, 9.17) is 0 Å². The molecule has 0 spiro atoms. The highest BCUT2D eigenvalue weighted by atomic mass is 19.3. The van der Waals surface area contributed by atoms with E-state index in [1.807, 2.05) is 13.8 Å². The molecule has 0 aromatic carbocycles. The Morgan fingerprint density at radius 3 is 2.00 bits per heavy atom. The lowest BCUT2D eigenvalue weighted by Gasteiger charge is -2.05. The highest BCUT2D eigenvalue weighted by Gasteiger charge is 2.00. The Labute approximate surface area is 48.1 Å². The van der Waals surface area contributed by atoms with Crippen LogP contribution in [0.15, 0.2) is 0 Å². The van der Waals surface area contributed by atoms with Crippen molar-refractivity contribution in [2.75, 3.05) is 6.54 Å². The first-order valence-electron chi connectivity index (χ1n) is 2.64. The molecule has 0 aromatic rings. The maximum atomic E-state index is 11.3. The summed E-state index contributed by atoms with van der Waals surface area (Å²) in [6.07, 6.45) is -2.22. The van der Waals surface area contributed by atoms with Crippen molar-refractivity contribution in [3.05, 3.63) is 0 Å². The Morgan fingerprint density at radius 2 is 1.88 bits per heavy atom. The van der Waals surface area contributed by atoms with Gasteiger partial charge in [0.1, 0.15) is 0 Å². The maximum absolute atomic E-state index is 11.3. The van der Waals surface area contributed by atoms with Gasteiger partial charge in [-0.05, 0) is 0 Å². The monoisotopic (exact) mass is 123 g/mol. The van der Waals surface area contributed by atoms with Crippen molar-refractivity contribution < 1.29 is 8.78 Å². The minimum absolute atomic E-state index is 0.156. The van der Waals surface area contributed by atoms with Crippen LogP contribution >= 0.6 is 0 Å². The molecule has 0 aliphatic heterocycles. The molecule has 8 heavy (non-hydrogen) atoms. The fourth-order valence-electron chi connectivity index (χ4n) is 0.325. The van der Waals surface area contributed by atoms with Crippen LogP contribution in [-0.4, -0.2) is 19.0 Å². The molecule has 0 unspecified atom stereocenters. The molecule has 1 N–H and O–H groups in total. The van der Waals surface area contributed by atoms with Gasteiger partial charge in [-0.1, -0.05) is 13.8 Å². The second-order valence-electron chi connectivity index (χ2n) is 1.95. The molecule has 0 aliphatic rings. The summed E-state index contributed by atoms with van der Waals surface area (Å²) in [5.74, 6) is 0. The lowest BCUT2D eigenvalue weighted by Crippen LogP contribution is -2.27. The van der Waals surface area contributed by atoms with Crippen molar-refractivity contribution in [2.45, 2.75) is 26.3 Å². The quantitative estimate of drug-likeness (QED) is 0.595. The summed E-state index contributed by atoms with van der Waals surface area (Å²) >= 11 is 0. The first-order chi connectivity index (χ1) is 3.63. The van der Waals surface area contributed by atoms with Crippen LogP contribution in [0.1, 0.15) is 13.8 Å². The molecule has 50 valence electrons. The first-order valence-corrected chi connectivity index (χ1v) is 2.64. The summed E-state index contributed by atoms with van der Waals surface area (Å²) in [6, 6.07) is 0.156. The number of hydrogen-bond donors (Lipinski definition) is 1. The number of nitrogens with one attached hydrogen (secondary N) is 1. The molecule has 0 saturated carbocycles. The van der Waals surface area contributed by atoms with E-state index in [0.29, 0.717) is 0 Å². The van der Waals surface area contributed by atoms with Crippen molar-refractivity contribution in [1.82, 2.24) is 5.32 Å². The molecule has 0 rings (SSSR count). The lowest BCUT2D eigenvalue weighted by atomic mass is 10.4. The van der Waals surface area contributed by atoms with Crippen LogP contribution in [0.4, 0.5) is 8.78 Å². The third-order valence-corrected chi connectivity index (χ3v) is 0.680. The Bertz CT molecular complexity index is 46.4. The standard InChI is InChI=1S/C5H11F2N/c1-4(2)8-3-5(6)7/h4-5,8H,3H2,1-2H3. The summed E-state index contributed by atoms with van der Waals surface area (Å²) in [5, 5.41) is 2.59. The van der Waals surface area contributed by atoms with Gasteiger partial charge in [0.15, 0.2) is 0 Å². The number of alkyl halides is 2. The summed E-state index contributed by atoms with van der Waals surface area (Å²) in [4.78, 5) is 0. The third kappa shape index (κ3) is 5.82. The highest BCUT2D eigenvalue weighted by Crippen LogP contribution is 1.88. The third-order valence-electron chi connectivity index (χ3n) is 0.680. The van der Waals surface area contributed by atoms with E-state index in [1.54, 1.807) is 0 Å². The van der Waals surface area contributed by atoms with E-state index < -0.39 is 6.43 Å². The van der Waals surface area contributed by atoms with E-state index >= 15 is 0 Å². The van der Waals surface area contributed by atoms with Gasteiger partial charge in [0.05, 0.1) is 6.54 Å². The number of halogens is 2. The highest BCUT2D eigenvalue weighted by molar-refractivity contribution is 4.52. The van der Waals surface area contributed by atoms with Crippen molar-refractivity contribution in [1.29, 1.82) is 0 Å². The molecule has 0 aromatic heterocycles. The Balaban J connectivity index is 2.93. The Hall–Kier alpha value is -0.180. The molecule has 0 bridgehead atoms. The fourth-order valence-corrected chi connectivity index (χ4v) is 0.325. The van der Waals surface area contributed by atoms with E-state index in [0.717, 1.165) is 0 Å². The second kappa shape index (κ2) is 3.78. The SMILES string of the molecule is CC(C)NCC(F)F. The molecule has 0 heterocycles. The molecular weight excluding hydrogens is 112 g/mol. The summed E-state index contributed by atoms with van der Waals surface area (Å²) < 4.78 is 22.7. The average molecular weight is 123 g/mol. The van der Waals surface area contributed by atoms with Crippen molar-refractivity contribution in [3.8, 4) is 0 Å². The molecule has 0 aliphatic carbocycles. The van der Waals surface area contributed by atoms with Gasteiger partial charge in [-0.2, -0.15) is 0 Å². The van der Waals surface area contributed by atoms with Crippen LogP contribution < -0.4 is 5.32 Å². The number of rotatable bonds is 3. The minimum Gasteiger partial charge on any atom is -0.309 e. The molecule has 0 radical (unpaired) electrons. The molecule has 0 fully saturated rings. The van der Waals surface area contributed by atoms with E-state index in [-0.39, 0.29) is 12.6 Å². The van der Waals surface area contributed by atoms with Crippen LogP contribution in [-0.2, 0) is 0 Å². The summed E-state index contributed by atoms with van der Waals surface area (Å²) in [5.41, 5.74) is 0. The molecule has 1 nitrogen and oxygen atoms in total. The summed E-state index contributed by atoms with van der Waals surface area (Å²) in [6.45, 7) is 3.47. The predicted octanol–water partition coefficient (Wildman–Crippen LogP) is 1.25.